The Hall–Kier alpha value is -3.57. The van der Waals surface area contributed by atoms with E-state index in [0.29, 0.717) is 17.8 Å². The van der Waals surface area contributed by atoms with Crippen LogP contribution in [0.25, 0.3) is 5.52 Å². The highest BCUT2D eigenvalue weighted by Gasteiger charge is 2.46. The van der Waals surface area contributed by atoms with Crippen molar-refractivity contribution in [2.45, 2.75) is 58.5 Å². The van der Waals surface area contributed by atoms with Crippen molar-refractivity contribution in [3.63, 3.8) is 0 Å². The molecule has 3 N–H and O–H groups in total. The number of hydrogen-bond acceptors (Lipinski definition) is 7. The summed E-state index contributed by atoms with van der Waals surface area (Å²) in [5, 5.41) is 8.01. The summed E-state index contributed by atoms with van der Waals surface area (Å²) in [5.41, 5.74) is 7.64. The normalized spacial score (nSPS) is 18.1. The first-order valence-corrected chi connectivity index (χ1v) is 11.7. The molecule has 0 aromatic carbocycles. The number of rotatable bonds is 6. The second-order valence-electron chi connectivity index (χ2n) is 9.60. The molecule has 186 valence electrons. The minimum atomic E-state index is -2.54. The molecule has 2 aliphatic rings. The van der Waals surface area contributed by atoms with Gasteiger partial charge in [0, 0.05) is 49.4 Å². The number of likely N-dealkylation sites (tertiary alicyclic amines) is 1. The Labute approximate surface area is 201 Å². The predicted molar refractivity (Wildman–Crippen MR) is 128 cm³/mol. The standard InChI is InChI=1S/C23H29F2N9O/c1-14-29-20(26)21(33(14)11-19(24)25)27-9-16-5-8-34-18(16)10-28-22(31-34)30-17-3-6-23(7-4-17)12-32(13-23)15(2)35/h5,8-10,17,19H,3-4,6-7,11-13,26H2,1-2H3,(H,30,31)/b27-9+. The van der Waals surface area contributed by atoms with Crippen LogP contribution in [0.5, 0.6) is 0 Å². The SMILES string of the molecule is CC(=O)N1CC2(CCC(Nc3ncc4c(/C=N/c5c(N)nc(C)n5CC(F)F)ccn4n3)CC2)C1. The summed E-state index contributed by atoms with van der Waals surface area (Å²) in [7, 11) is 0. The van der Waals surface area contributed by atoms with Crippen LogP contribution in [0.2, 0.25) is 0 Å². The first kappa shape index (κ1) is 23.2. The molecule has 1 saturated carbocycles. The van der Waals surface area contributed by atoms with Gasteiger partial charge in [-0.1, -0.05) is 0 Å². The monoisotopic (exact) mass is 485 g/mol. The van der Waals surface area contributed by atoms with Crippen LogP contribution in [0.3, 0.4) is 0 Å². The maximum atomic E-state index is 12.9. The number of amides is 1. The van der Waals surface area contributed by atoms with Crippen molar-refractivity contribution in [2.24, 2.45) is 10.4 Å². The molecule has 35 heavy (non-hydrogen) atoms. The summed E-state index contributed by atoms with van der Waals surface area (Å²) < 4.78 is 28.9. The van der Waals surface area contributed by atoms with E-state index in [9.17, 15) is 13.6 Å². The molecule has 0 atom stereocenters. The molecule has 0 unspecified atom stereocenters. The molecule has 10 nitrogen and oxygen atoms in total. The van der Waals surface area contributed by atoms with Crippen LogP contribution in [0.4, 0.5) is 26.4 Å². The minimum Gasteiger partial charge on any atom is -0.381 e. The minimum absolute atomic E-state index is 0.107. The molecule has 0 bridgehead atoms. The third kappa shape index (κ3) is 4.56. The van der Waals surface area contributed by atoms with Gasteiger partial charge in [-0.05, 0) is 38.7 Å². The van der Waals surface area contributed by atoms with Crippen molar-refractivity contribution < 1.29 is 13.6 Å². The van der Waals surface area contributed by atoms with Crippen molar-refractivity contribution >= 4 is 35.2 Å². The predicted octanol–water partition coefficient (Wildman–Crippen LogP) is 3.04. The largest absolute Gasteiger partial charge is 0.381 e. The third-order valence-electron chi connectivity index (χ3n) is 7.13. The lowest BCUT2D eigenvalue weighted by Gasteiger charge is -2.53. The van der Waals surface area contributed by atoms with Crippen molar-refractivity contribution in [1.29, 1.82) is 0 Å². The molecule has 1 aliphatic carbocycles. The van der Waals surface area contributed by atoms with E-state index in [1.807, 2.05) is 11.0 Å². The number of carbonyl (C=O) groups is 1. The van der Waals surface area contributed by atoms with Gasteiger partial charge >= 0.3 is 0 Å². The van der Waals surface area contributed by atoms with Gasteiger partial charge in [0.1, 0.15) is 5.82 Å². The zero-order valence-electron chi connectivity index (χ0n) is 19.8. The molecule has 1 saturated heterocycles. The Morgan fingerprint density at radius 2 is 2.11 bits per heavy atom. The number of fused-ring (bicyclic) bond motifs is 1. The Morgan fingerprint density at radius 3 is 2.80 bits per heavy atom. The Bertz CT molecular complexity index is 1270. The van der Waals surface area contributed by atoms with Crippen molar-refractivity contribution in [1.82, 2.24) is 29.0 Å². The smallest absolute Gasteiger partial charge is 0.256 e. The molecule has 3 aromatic heterocycles. The molecule has 3 aromatic rings. The topological polar surface area (TPSA) is 119 Å². The molecular formula is C23H29F2N9O. The summed E-state index contributed by atoms with van der Waals surface area (Å²) in [6, 6.07) is 2.12. The van der Waals surface area contributed by atoms with Gasteiger partial charge in [-0.2, -0.15) is 0 Å². The number of nitrogen functional groups attached to an aromatic ring is 1. The second-order valence-corrected chi connectivity index (χ2v) is 9.60. The van der Waals surface area contributed by atoms with E-state index in [1.54, 1.807) is 37.0 Å². The van der Waals surface area contributed by atoms with Crippen LogP contribution in [-0.2, 0) is 11.3 Å². The summed E-state index contributed by atoms with van der Waals surface area (Å²) in [5.74, 6) is 1.40. The fraction of sp³-hybridized carbons (Fsp3) is 0.522. The Balaban J connectivity index is 1.25. The molecule has 1 spiro atoms. The lowest BCUT2D eigenvalue weighted by Crippen LogP contribution is -2.59. The Kier molecular flexibility index (Phi) is 5.89. The van der Waals surface area contributed by atoms with Gasteiger partial charge in [-0.25, -0.2) is 28.3 Å². The van der Waals surface area contributed by atoms with E-state index in [2.05, 4.69) is 25.4 Å². The number of aromatic nitrogens is 5. The molecule has 2 fully saturated rings. The van der Waals surface area contributed by atoms with Crippen LogP contribution in [-0.4, -0.2) is 66.7 Å². The number of hydrogen-bond donors (Lipinski definition) is 2. The molecule has 0 radical (unpaired) electrons. The van der Waals surface area contributed by atoms with Gasteiger partial charge in [0.15, 0.2) is 11.6 Å². The van der Waals surface area contributed by atoms with Crippen molar-refractivity contribution in [2.75, 3.05) is 24.1 Å². The maximum Gasteiger partial charge on any atom is 0.256 e. The number of nitrogens with one attached hydrogen (secondary N) is 1. The zero-order valence-corrected chi connectivity index (χ0v) is 19.8. The van der Waals surface area contributed by atoms with Crippen LogP contribution >= 0.6 is 0 Å². The third-order valence-corrected chi connectivity index (χ3v) is 7.13. The first-order chi connectivity index (χ1) is 16.7. The summed E-state index contributed by atoms with van der Waals surface area (Å²) in [6.45, 7) is 4.48. The highest BCUT2D eigenvalue weighted by atomic mass is 19.3. The summed E-state index contributed by atoms with van der Waals surface area (Å²) in [4.78, 5) is 26.3. The van der Waals surface area contributed by atoms with Gasteiger partial charge in [0.05, 0.1) is 18.3 Å². The van der Waals surface area contributed by atoms with Gasteiger partial charge in [-0.3, -0.25) is 4.79 Å². The highest BCUT2D eigenvalue weighted by Crippen LogP contribution is 2.44. The van der Waals surface area contributed by atoms with Crippen LogP contribution < -0.4 is 11.1 Å². The van der Waals surface area contributed by atoms with E-state index < -0.39 is 13.0 Å². The number of alkyl halides is 2. The fourth-order valence-corrected chi connectivity index (χ4v) is 5.15. The first-order valence-electron chi connectivity index (χ1n) is 11.7. The quantitative estimate of drug-likeness (QED) is 0.518. The number of carbonyl (C=O) groups excluding carboxylic acids is 1. The fourth-order valence-electron chi connectivity index (χ4n) is 5.15. The lowest BCUT2D eigenvalue weighted by atomic mass is 9.67. The van der Waals surface area contributed by atoms with Crippen molar-refractivity contribution in [3.8, 4) is 0 Å². The van der Waals surface area contributed by atoms with E-state index in [0.717, 1.165) is 49.9 Å². The summed E-state index contributed by atoms with van der Waals surface area (Å²) >= 11 is 0. The number of anilines is 2. The van der Waals surface area contributed by atoms with Crippen LogP contribution in [0, 0.1) is 12.3 Å². The molecule has 12 heteroatoms. The number of nitrogens with two attached hydrogens (primary N) is 1. The van der Waals surface area contributed by atoms with Crippen LogP contribution in [0.1, 0.15) is 44.0 Å². The van der Waals surface area contributed by atoms with E-state index in [4.69, 9.17) is 5.73 Å². The number of aryl methyl sites for hydroxylation is 1. The molecule has 1 aliphatic heterocycles. The summed E-state index contributed by atoms with van der Waals surface area (Å²) in [6.07, 6.45) is 6.75. The Morgan fingerprint density at radius 1 is 1.37 bits per heavy atom. The van der Waals surface area contributed by atoms with Gasteiger partial charge in [0.25, 0.3) is 6.43 Å². The molecule has 4 heterocycles. The molecule has 5 rings (SSSR count). The molecular weight excluding hydrogens is 456 g/mol. The van der Waals surface area contributed by atoms with Gasteiger partial charge in [-0.15, -0.1) is 5.10 Å². The number of imidazole rings is 1. The zero-order chi connectivity index (χ0) is 24.7. The van der Waals surface area contributed by atoms with Gasteiger partial charge in [0.2, 0.25) is 11.9 Å². The number of nitrogens with zero attached hydrogens (tertiary/aromatic N) is 7. The van der Waals surface area contributed by atoms with Crippen molar-refractivity contribution in [3.05, 3.63) is 29.8 Å². The van der Waals surface area contributed by atoms with E-state index in [1.165, 1.54) is 4.57 Å². The van der Waals surface area contributed by atoms with E-state index in [-0.39, 0.29) is 23.0 Å². The number of aliphatic imine (C=N–C) groups is 1. The lowest BCUT2D eigenvalue weighted by molar-refractivity contribution is -0.143. The maximum absolute atomic E-state index is 12.9. The molecule has 1 amide bonds. The highest BCUT2D eigenvalue weighted by molar-refractivity contribution is 5.91. The van der Waals surface area contributed by atoms with Gasteiger partial charge < -0.3 is 20.5 Å². The van der Waals surface area contributed by atoms with Crippen LogP contribution in [0.15, 0.2) is 23.5 Å². The average molecular weight is 486 g/mol. The average Bonchev–Trinajstić information content (AvgIpc) is 3.30. The number of halogens is 2. The second kappa shape index (κ2) is 8.90. The van der Waals surface area contributed by atoms with E-state index >= 15 is 0 Å².